The van der Waals surface area contributed by atoms with Gasteiger partial charge in [-0.15, -0.1) is 0 Å². The summed E-state index contributed by atoms with van der Waals surface area (Å²) in [5.41, 5.74) is 4.96. The van der Waals surface area contributed by atoms with Crippen molar-refractivity contribution in [3.8, 4) is 11.1 Å². The molecule has 5 nitrogen and oxygen atoms in total. The van der Waals surface area contributed by atoms with Crippen molar-refractivity contribution < 1.29 is 19.1 Å². The highest BCUT2D eigenvalue weighted by Crippen LogP contribution is 2.45. The van der Waals surface area contributed by atoms with E-state index < -0.39 is 0 Å². The molecule has 1 aliphatic heterocycles. The number of methoxy groups -OCH3 is 1. The molecule has 32 heavy (non-hydrogen) atoms. The number of likely N-dealkylation sites (tertiary alicyclic amines) is 1. The van der Waals surface area contributed by atoms with Gasteiger partial charge in [-0.25, -0.2) is 0 Å². The Morgan fingerprint density at radius 3 is 2.28 bits per heavy atom. The zero-order chi connectivity index (χ0) is 22.1. The van der Waals surface area contributed by atoms with Gasteiger partial charge >= 0.3 is 11.9 Å². The van der Waals surface area contributed by atoms with Crippen molar-refractivity contribution in [2.24, 2.45) is 11.8 Å². The van der Waals surface area contributed by atoms with E-state index in [-0.39, 0.29) is 35.7 Å². The summed E-state index contributed by atoms with van der Waals surface area (Å²) in [5.74, 6) is 0.0200. The van der Waals surface area contributed by atoms with E-state index >= 15 is 0 Å². The summed E-state index contributed by atoms with van der Waals surface area (Å²) < 4.78 is 10.9. The first-order valence-corrected chi connectivity index (χ1v) is 11.8. The van der Waals surface area contributed by atoms with Gasteiger partial charge in [0.1, 0.15) is 12.6 Å². The fraction of sp³-hybridized carbons (Fsp3) is 0.481. The number of esters is 2. The summed E-state index contributed by atoms with van der Waals surface area (Å²) in [6, 6.07) is 16.7. The molecular formula is C27H31NO4. The molecule has 0 radical (unpaired) electrons. The standard InChI is InChI=1S/C27H31NO4/c1-31-27(30)25-14-7-15-28(25)16-18-8-6-13-19(18)26(29)32-17-24-22-11-4-2-9-20(22)21-10-3-5-12-23(21)24/h2-5,9-12,18-19,24-25H,6-8,13-17H2,1H3/t18-,19?,25+/m1/s1. The van der Waals surface area contributed by atoms with Crippen LogP contribution < -0.4 is 0 Å². The van der Waals surface area contributed by atoms with Crippen molar-refractivity contribution in [2.45, 2.75) is 44.1 Å². The molecule has 168 valence electrons. The first-order valence-electron chi connectivity index (χ1n) is 11.8. The monoisotopic (exact) mass is 433 g/mol. The fourth-order valence-corrected chi connectivity index (χ4v) is 6.03. The molecule has 1 unspecified atom stereocenters. The molecule has 2 fully saturated rings. The number of carbonyl (C=O) groups is 2. The van der Waals surface area contributed by atoms with Crippen LogP contribution in [0.15, 0.2) is 48.5 Å². The van der Waals surface area contributed by atoms with Crippen LogP contribution in [0.1, 0.15) is 49.1 Å². The Bertz CT molecular complexity index is 957. The van der Waals surface area contributed by atoms with Crippen LogP contribution in [0.2, 0.25) is 0 Å². The maximum absolute atomic E-state index is 13.1. The Kier molecular flexibility index (Phi) is 6.01. The number of hydrogen-bond acceptors (Lipinski definition) is 5. The molecule has 0 amide bonds. The van der Waals surface area contributed by atoms with Gasteiger partial charge < -0.3 is 9.47 Å². The number of hydrogen-bond donors (Lipinski definition) is 0. The smallest absolute Gasteiger partial charge is 0.323 e. The normalized spacial score (nSPS) is 24.8. The third kappa shape index (κ3) is 3.83. The predicted octanol–water partition coefficient (Wildman–Crippen LogP) is 4.40. The van der Waals surface area contributed by atoms with Crippen LogP contribution in [0, 0.1) is 11.8 Å². The van der Waals surface area contributed by atoms with E-state index in [1.807, 2.05) is 0 Å². The average molecular weight is 434 g/mol. The third-order valence-corrected chi connectivity index (χ3v) is 7.62. The molecule has 0 aromatic heterocycles. The number of carbonyl (C=O) groups excluding carboxylic acids is 2. The van der Waals surface area contributed by atoms with Crippen LogP contribution >= 0.6 is 0 Å². The number of ether oxygens (including phenoxy) is 2. The third-order valence-electron chi connectivity index (χ3n) is 7.62. The van der Waals surface area contributed by atoms with Gasteiger partial charge in [0.2, 0.25) is 0 Å². The van der Waals surface area contributed by atoms with E-state index in [1.54, 1.807) is 0 Å². The fourth-order valence-electron chi connectivity index (χ4n) is 6.03. The van der Waals surface area contributed by atoms with E-state index in [2.05, 4.69) is 53.4 Å². The number of nitrogens with zero attached hydrogens (tertiary/aromatic N) is 1. The maximum Gasteiger partial charge on any atom is 0.323 e. The van der Waals surface area contributed by atoms with Gasteiger partial charge in [-0.2, -0.15) is 0 Å². The minimum absolute atomic E-state index is 0.0804. The van der Waals surface area contributed by atoms with Crippen molar-refractivity contribution >= 4 is 11.9 Å². The SMILES string of the molecule is COC(=O)[C@@H]1CCCN1C[C@H]1CCCC1C(=O)OCC1c2ccccc2-c2ccccc21. The van der Waals surface area contributed by atoms with Gasteiger partial charge in [-0.05, 0) is 60.4 Å². The Labute approximate surface area is 189 Å². The summed E-state index contributed by atoms with van der Waals surface area (Å²) in [6.45, 7) is 2.05. The molecule has 1 saturated carbocycles. The minimum atomic E-state index is -0.163. The molecule has 2 aromatic rings. The highest BCUT2D eigenvalue weighted by atomic mass is 16.5. The Balaban J connectivity index is 1.25. The Morgan fingerprint density at radius 1 is 0.906 bits per heavy atom. The maximum atomic E-state index is 13.1. The van der Waals surface area contributed by atoms with Crippen LogP contribution in [0.25, 0.3) is 11.1 Å². The summed E-state index contributed by atoms with van der Waals surface area (Å²) in [5, 5.41) is 0. The number of rotatable bonds is 6. The molecule has 5 rings (SSSR count). The molecule has 5 heteroatoms. The summed E-state index contributed by atoms with van der Waals surface area (Å²) in [7, 11) is 1.45. The Morgan fingerprint density at radius 2 is 1.59 bits per heavy atom. The summed E-state index contributed by atoms with van der Waals surface area (Å²) in [6.07, 6.45) is 4.77. The van der Waals surface area contributed by atoms with Crippen LogP contribution in [-0.2, 0) is 19.1 Å². The lowest BCUT2D eigenvalue weighted by Crippen LogP contribution is -2.41. The van der Waals surface area contributed by atoms with Crippen LogP contribution in [-0.4, -0.2) is 49.7 Å². The van der Waals surface area contributed by atoms with Crippen molar-refractivity contribution in [3.63, 3.8) is 0 Å². The molecule has 0 bridgehead atoms. The van der Waals surface area contributed by atoms with E-state index in [0.29, 0.717) is 6.61 Å². The quantitative estimate of drug-likeness (QED) is 0.632. The zero-order valence-corrected chi connectivity index (χ0v) is 18.7. The van der Waals surface area contributed by atoms with Gasteiger partial charge in [0.25, 0.3) is 0 Å². The molecule has 3 atom stereocenters. The molecule has 3 aliphatic rings. The van der Waals surface area contributed by atoms with Crippen LogP contribution in [0.5, 0.6) is 0 Å². The van der Waals surface area contributed by atoms with Gasteiger partial charge in [-0.1, -0.05) is 55.0 Å². The molecule has 2 aromatic carbocycles. The molecule has 2 aliphatic carbocycles. The van der Waals surface area contributed by atoms with Crippen molar-refractivity contribution in [2.75, 3.05) is 26.8 Å². The first-order chi connectivity index (χ1) is 15.7. The highest BCUT2D eigenvalue weighted by Gasteiger charge is 2.40. The molecule has 1 saturated heterocycles. The highest BCUT2D eigenvalue weighted by molar-refractivity contribution is 5.79. The lowest BCUT2D eigenvalue weighted by molar-refractivity contribution is -0.150. The van der Waals surface area contributed by atoms with Gasteiger partial charge in [-0.3, -0.25) is 14.5 Å². The number of benzene rings is 2. The average Bonchev–Trinajstić information content (AvgIpc) is 3.55. The zero-order valence-electron chi connectivity index (χ0n) is 18.7. The summed E-state index contributed by atoms with van der Waals surface area (Å²) in [4.78, 5) is 27.5. The van der Waals surface area contributed by atoms with E-state index in [1.165, 1.54) is 29.4 Å². The van der Waals surface area contributed by atoms with Crippen molar-refractivity contribution in [3.05, 3.63) is 59.7 Å². The van der Waals surface area contributed by atoms with E-state index in [4.69, 9.17) is 9.47 Å². The van der Waals surface area contributed by atoms with Gasteiger partial charge in [0, 0.05) is 12.5 Å². The Hall–Kier alpha value is -2.66. The second-order valence-electron chi connectivity index (χ2n) is 9.33. The van der Waals surface area contributed by atoms with Crippen molar-refractivity contribution in [1.29, 1.82) is 0 Å². The van der Waals surface area contributed by atoms with Gasteiger partial charge in [0.05, 0.1) is 13.0 Å². The van der Waals surface area contributed by atoms with E-state index in [0.717, 1.165) is 45.2 Å². The number of fused-ring (bicyclic) bond motifs is 3. The van der Waals surface area contributed by atoms with Crippen molar-refractivity contribution in [1.82, 2.24) is 4.90 Å². The minimum Gasteiger partial charge on any atom is -0.468 e. The van der Waals surface area contributed by atoms with Crippen LogP contribution in [0.4, 0.5) is 0 Å². The lowest BCUT2D eigenvalue weighted by Gasteiger charge is -2.28. The topological polar surface area (TPSA) is 55.8 Å². The second-order valence-corrected chi connectivity index (χ2v) is 9.33. The van der Waals surface area contributed by atoms with Gasteiger partial charge in [0.15, 0.2) is 0 Å². The molecular weight excluding hydrogens is 402 g/mol. The summed E-state index contributed by atoms with van der Waals surface area (Å²) >= 11 is 0. The lowest BCUT2D eigenvalue weighted by atomic mass is 9.94. The van der Waals surface area contributed by atoms with E-state index in [9.17, 15) is 9.59 Å². The van der Waals surface area contributed by atoms with Crippen LogP contribution in [0.3, 0.4) is 0 Å². The molecule has 0 N–H and O–H groups in total. The second kappa shape index (κ2) is 9.07. The predicted molar refractivity (Wildman–Crippen MR) is 122 cm³/mol. The largest absolute Gasteiger partial charge is 0.468 e. The molecule has 0 spiro atoms. The first kappa shape index (κ1) is 21.2. The molecule has 1 heterocycles.